The Labute approximate surface area is 203 Å². The van der Waals surface area contributed by atoms with Gasteiger partial charge in [-0.1, -0.05) is 29.8 Å². The van der Waals surface area contributed by atoms with E-state index >= 15 is 0 Å². The van der Waals surface area contributed by atoms with Crippen LogP contribution < -0.4 is 23.7 Å². The number of halogens is 1. The van der Waals surface area contributed by atoms with E-state index in [9.17, 15) is 13.5 Å². The summed E-state index contributed by atoms with van der Waals surface area (Å²) in [5, 5.41) is 10.6. The number of benzene rings is 3. The fourth-order valence-electron chi connectivity index (χ4n) is 3.20. The second-order valence-corrected chi connectivity index (χ2v) is 9.09. The fraction of sp³-hybridized carbons (Fsp3) is 0.167. The van der Waals surface area contributed by atoms with Gasteiger partial charge in [0.15, 0.2) is 23.0 Å². The van der Waals surface area contributed by atoms with Gasteiger partial charge in [-0.3, -0.25) is 4.72 Å². The maximum atomic E-state index is 13.0. The second kappa shape index (κ2) is 10.6. The molecule has 8 nitrogen and oxygen atoms in total. The zero-order chi connectivity index (χ0) is 24.9. The molecule has 3 aromatic carbocycles. The van der Waals surface area contributed by atoms with Gasteiger partial charge in [0.2, 0.25) is 5.75 Å². The largest absolute Gasteiger partial charge is 0.504 e. The SMILES string of the molecule is COc1cc(NS(=O)(=O)c2cccc(Cl)c2)c(C=Cc2cc(OC)c(OC)c(OC)c2)cc1O. The molecule has 2 N–H and O–H groups in total. The number of aromatic hydroxyl groups is 1. The minimum Gasteiger partial charge on any atom is -0.504 e. The molecule has 0 bridgehead atoms. The van der Waals surface area contributed by atoms with Crippen LogP contribution in [-0.2, 0) is 10.0 Å². The van der Waals surface area contributed by atoms with E-state index in [2.05, 4.69) is 4.72 Å². The van der Waals surface area contributed by atoms with Gasteiger partial charge in [0, 0.05) is 16.7 Å². The van der Waals surface area contributed by atoms with E-state index < -0.39 is 10.0 Å². The van der Waals surface area contributed by atoms with Gasteiger partial charge >= 0.3 is 0 Å². The fourth-order valence-corrected chi connectivity index (χ4v) is 4.57. The van der Waals surface area contributed by atoms with E-state index in [1.165, 1.54) is 52.7 Å². The number of anilines is 1. The summed E-state index contributed by atoms with van der Waals surface area (Å²) in [5.41, 5.74) is 1.27. The number of phenolic OH excluding ortho intramolecular Hbond substituents is 1. The first-order valence-corrected chi connectivity index (χ1v) is 11.8. The van der Waals surface area contributed by atoms with Crippen molar-refractivity contribution in [3.05, 3.63) is 64.7 Å². The maximum absolute atomic E-state index is 13.0. The summed E-state index contributed by atoms with van der Waals surface area (Å²) in [6, 6.07) is 12.1. The van der Waals surface area contributed by atoms with Gasteiger partial charge in [-0.25, -0.2) is 8.42 Å². The molecule has 3 rings (SSSR count). The lowest BCUT2D eigenvalue weighted by atomic mass is 10.1. The van der Waals surface area contributed by atoms with Crippen molar-refractivity contribution in [1.29, 1.82) is 0 Å². The molecule has 0 aliphatic heterocycles. The zero-order valence-corrected chi connectivity index (χ0v) is 20.5. The summed E-state index contributed by atoms with van der Waals surface area (Å²) >= 11 is 5.96. The molecule has 0 radical (unpaired) electrons. The van der Waals surface area contributed by atoms with Gasteiger partial charge in [0.1, 0.15) is 0 Å². The molecule has 0 aliphatic rings. The average Bonchev–Trinajstić information content (AvgIpc) is 2.82. The number of phenols is 1. The van der Waals surface area contributed by atoms with Crippen LogP contribution in [0.15, 0.2) is 53.4 Å². The molecule has 34 heavy (non-hydrogen) atoms. The van der Waals surface area contributed by atoms with Crippen LogP contribution in [0.5, 0.6) is 28.7 Å². The number of methoxy groups -OCH3 is 4. The lowest BCUT2D eigenvalue weighted by Gasteiger charge is -2.14. The first-order chi connectivity index (χ1) is 16.2. The molecule has 0 fully saturated rings. The zero-order valence-electron chi connectivity index (χ0n) is 19.0. The molecule has 0 unspecified atom stereocenters. The molecule has 0 saturated carbocycles. The number of sulfonamides is 1. The number of nitrogens with one attached hydrogen (secondary N) is 1. The number of ether oxygens (including phenoxy) is 4. The third-order valence-corrected chi connectivity index (χ3v) is 6.44. The molecule has 0 amide bonds. The van der Waals surface area contributed by atoms with Crippen LogP contribution in [0.3, 0.4) is 0 Å². The third-order valence-electron chi connectivity index (χ3n) is 4.84. The van der Waals surface area contributed by atoms with Crippen LogP contribution in [-0.4, -0.2) is 42.0 Å². The van der Waals surface area contributed by atoms with Gasteiger partial charge in [-0.2, -0.15) is 0 Å². The van der Waals surface area contributed by atoms with E-state index in [0.717, 1.165) is 0 Å². The highest BCUT2D eigenvalue weighted by atomic mass is 35.5. The van der Waals surface area contributed by atoms with E-state index in [1.54, 1.807) is 36.4 Å². The Balaban J connectivity index is 2.06. The van der Waals surface area contributed by atoms with Crippen molar-refractivity contribution in [1.82, 2.24) is 0 Å². The van der Waals surface area contributed by atoms with Crippen LogP contribution in [0.4, 0.5) is 5.69 Å². The molecule has 0 spiro atoms. The van der Waals surface area contributed by atoms with Crippen molar-refractivity contribution in [2.45, 2.75) is 4.90 Å². The monoisotopic (exact) mass is 505 g/mol. The Morgan fingerprint density at radius 3 is 2.06 bits per heavy atom. The quantitative estimate of drug-likeness (QED) is 0.310. The van der Waals surface area contributed by atoms with E-state index in [1.807, 2.05) is 0 Å². The molecule has 0 atom stereocenters. The molecule has 0 aromatic heterocycles. The lowest BCUT2D eigenvalue weighted by molar-refractivity contribution is 0.324. The average molecular weight is 506 g/mol. The van der Waals surface area contributed by atoms with Gasteiger partial charge < -0.3 is 24.1 Å². The summed E-state index contributed by atoms with van der Waals surface area (Å²) in [5.74, 6) is 1.31. The Hall–Kier alpha value is -3.56. The van der Waals surface area contributed by atoms with Crippen LogP contribution in [0.2, 0.25) is 5.02 Å². The Morgan fingerprint density at radius 2 is 1.50 bits per heavy atom. The summed E-state index contributed by atoms with van der Waals surface area (Å²) < 4.78 is 49.7. The van der Waals surface area contributed by atoms with Crippen LogP contribution in [0, 0.1) is 0 Å². The molecule has 180 valence electrons. The van der Waals surface area contributed by atoms with Crippen molar-refractivity contribution in [2.75, 3.05) is 33.2 Å². The summed E-state index contributed by atoms with van der Waals surface area (Å²) in [6.07, 6.45) is 3.35. The van der Waals surface area contributed by atoms with Crippen LogP contribution >= 0.6 is 11.6 Å². The van der Waals surface area contributed by atoms with Crippen LogP contribution in [0.25, 0.3) is 12.2 Å². The second-order valence-electron chi connectivity index (χ2n) is 6.97. The normalized spacial score (nSPS) is 11.3. The third kappa shape index (κ3) is 5.49. The Kier molecular flexibility index (Phi) is 7.80. The summed E-state index contributed by atoms with van der Waals surface area (Å²) in [4.78, 5) is -0.00778. The predicted molar refractivity (Wildman–Crippen MR) is 132 cm³/mol. The Morgan fingerprint density at radius 1 is 0.853 bits per heavy atom. The van der Waals surface area contributed by atoms with E-state index in [-0.39, 0.29) is 27.1 Å². The molecule has 0 aliphatic carbocycles. The Bertz CT molecular complexity index is 1300. The molecule has 10 heteroatoms. The summed E-state index contributed by atoms with van der Waals surface area (Å²) in [7, 11) is 1.93. The highest BCUT2D eigenvalue weighted by Crippen LogP contribution is 2.39. The van der Waals surface area contributed by atoms with Gasteiger partial charge in [-0.15, -0.1) is 0 Å². The van der Waals surface area contributed by atoms with Gasteiger partial charge in [-0.05, 0) is 42.0 Å². The van der Waals surface area contributed by atoms with Crippen molar-refractivity contribution >= 4 is 39.5 Å². The van der Waals surface area contributed by atoms with Crippen molar-refractivity contribution < 1.29 is 32.5 Å². The standard InChI is InChI=1S/C24H24ClNO7S/c1-30-21-14-19(26-34(28,29)18-7-5-6-17(25)13-18)16(12-20(21)27)9-8-15-10-22(31-2)24(33-4)23(11-15)32-3/h5-14,26-27H,1-4H3. The number of rotatable bonds is 9. The maximum Gasteiger partial charge on any atom is 0.261 e. The van der Waals surface area contributed by atoms with Gasteiger partial charge in [0.25, 0.3) is 10.0 Å². The molecule has 0 heterocycles. The predicted octanol–water partition coefficient (Wildman–Crippen LogP) is 5.05. The molecule has 3 aromatic rings. The van der Waals surface area contributed by atoms with Gasteiger partial charge in [0.05, 0.1) is 39.0 Å². The van der Waals surface area contributed by atoms with E-state index in [0.29, 0.717) is 28.4 Å². The van der Waals surface area contributed by atoms with Crippen molar-refractivity contribution in [3.8, 4) is 28.7 Å². The molecule has 0 saturated heterocycles. The minimum absolute atomic E-state index is 0.00778. The lowest BCUT2D eigenvalue weighted by Crippen LogP contribution is -2.13. The minimum atomic E-state index is -3.97. The highest BCUT2D eigenvalue weighted by molar-refractivity contribution is 7.92. The highest BCUT2D eigenvalue weighted by Gasteiger charge is 2.18. The summed E-state index contributed by atoms with van der Waals surface area (Å²) in [6.45, 7) is 0. The van der Waals surface area contributed by atoms with Crippen molar-refractivity contribution in [2.24, 2.45) is 0 Å². The van der Waals surface area contributed by atoms with E-state index in [4.69, 9.17) is 30.5 Å². The first-order valence-electron chi connectivity index (χ1n) is 9.90. The first kappa shape index (κ1) is 25.1. The smallest absolute Gasteiger partial charge is 0.261 e. The number of hydrogen-bond acceptors (Lipinski definition) is 7. The number of hydrogen-bond donors (Lipinski definition) is 2. The molecular formula is C24H24ClNO7S. The van der Waals surface area contributed by atoms with Crippen molar-refractivity contribution in [3.63, 3.8) is 0 Å². The van der Waals surface area contributed by atoms with Crippen LogP contribution in [0.1, 0.15) is 11.1 Å². The molecular weight excluding hydrogens is 482 g/mol. The topological polar surface area (TPSA) is 103 Å².